The highest BCUT2D eigenvalue weighted by Crippen LogP contribution is 2.18. The number of carbonyl (C=O) groups is 1. The molecule has 2 N–H and O–H groups in total. The van der Waals surface area contributed by atoms with Crippen molar-refractivity contribution in [2.24, 2.45) is 0 Å². The number of rotatable bonds is 7. The standard InChI is InChI=1S/C20H23N3O2/c1-15-4-9-19(25-3)17(12-15)13-23(2)14-20(24)22-18-7-5-16(6-8-18)10-11-21/h4-9,12H,10,13-14H2,1-3H3,(H,22,24)/p+1. The van der Waals surface area contributed by atoms with Crippen LogP contribution in [0.4, 0.5) is 5.69 Å². The largest absolute Gasteiger partial charge is 0.496 e. The molecular weight excluding hydrogens is 314 g/mol. The molecule has 0 aromatic heterocycles. The van der Waals surface area contributed by atoms with Crippen molar-refractivity contribution in [1.82, 2.24) is 0 Å². The molecule has 0 spiro atoms. The molecule has 0 saturated heterocycles. The Hall–Kier alpha value is -2.84. The van der Waals surface area contributed by atoms with Crippen LogP contribution in [0.2, 0.25) is 0 Å². The van der Waals surface area contributed by atoms with Gasteiger partial charge in [0.25, 0.3) is 5.91 Å². The van der Waals surface area contributed by atoms with Crippen LogP contribution in [0.15, 0.2) is 42.5 Å². The van der Waals surface area contributed by atoms with Crippen LogP contribution in [-0.4, -0.2) is 26.6 Å². The molecule has 0 bridgehead atoms. The average Bonchev–Trinajstić information content (AvgIpc) is 2.57. The number of quaternary nitrogens is 1. The predicted molar refractivity (Wildman–Crippen MR) is 97.6 cm³/mol. The first-order chi connectivity index (χ1) is 12.0. The van der Waals surface area contributed by atoms with Gasteiger partial charge >= 0.3 is 0 Å². The lowest BCUT2D eigenvalue weighted by molar-refractivity contribution is -0.885. The van der Waals surface area contributed by atoms with Crippen LogP contribution in [0, 0.1) is 18.3 Å². The topological polar surface area (TPSA) is 66.6 Å². The molecule has 1 unspecified atom stereocenters. The van der Waals surface area contributed by atoms with Crippen LogP contribution in [0.3, 0.4) is 0 Å². The van der Waals surface area contributed by atoms with E-state index in [1.807, 2.05) is 50.4 Å². The van der Waals surface area contributed by atoms with Gasteiger partial charge in [0.05, 0.1) is 26.6 Å². The minimum absolute atomic E-state index is 0.0443. The highest BCUT2D eigenvalue weighted by molar-refractivity contribution is 5.91. The smallest absolute Gasteiger partial charge is 0.279 e. The number of hydrogen-bond donors (Lipinski definition) is 2. The molecule has 0 aliphatic rings. The van der Waals surface area contributed by atoms with Gasteiger partial charge in [-0.2, -0.15) is 5.26 Å². The summed E-state index contributed by atoms with van der Waals surface area (Å²) in [5, 5.41) is 11.6. The van der Waals surface area contributed by atoms with Gasteiger partial charge in [-0.3, -0.25) is 4.79 Å². The van der Waals surface area contributed by atoms with E-state index < -0.39 is 0 Å². The summed E-state index contributed by atoms with van der Waals surface area (Å²) in [5.41, 5.74) is 3.95. The zero-order chi connectivity index (χ0) is 18.2. The number of likely N-dealkylation sites (N-methyl/N-ethyl adjacent to an activating group) is 1. The van der Waals surface area contributed by atoms with Crippen molar-refractivity contribution in [3.05, 3.63) is 59.2 Å². The van der Waals surface area contributed by atoms with E-state index in [0.29, 0.717) is 19.5 Å². The number of anilines is 1. The number of ether oxygens (including phenoxy) is 1. The lowest BCUT2D eigenvalue weighted by Crippen LogP contribution is -3.08. The number of benzene rings is 2. The summed E-state index contributed by atoms with van der Waals surface area (Å²) in [4.78, 5) is 13.3. The molecule has 2 rings (SSSR count). The Morgan fingerprint density at radius 1 is 1.24 bits per heavy atom. The Morgan fingerprint density at radius 2 is 1.96 bits per heavy atom. The molecule has 130 valence electrons. The highest BCUT2D eigenvalue weighted by atomic mass is 16.5. The average molecular weight is 338 g/mol. The van der Waals surface area contributed by atoms with Crippen LogP contribution in [0.25, 0.3) is 0 Å². The third kappa shape index (κ3) is 5.63. The monoisotopic (exact) mass is 338 g/mol. The fraction of sp³-hybridized carbons (Fsp3) is 0.300. The van der Waals surface area contributed by atoms with Crippen molar-refractivity contribution < 1.29 is 14.4 Å². The summed E-state index contributed by atoms with van der Waals surface area (Å²) in [7, 11) is 3.64. The maximum atomic E-state index is 12.2. The van der Waals surface area contributed by atoms with Gasteiger partial charge in [0, 0.05) is 11.3 Å². The molecule has 1 atom stereocenters. The SMILES string of the molecule is COc1ccc(C)cc1C[NH+](C)CC(=O)Nc1ccc(CC#N)cc1. The van der Waals surface area contributed by atoms with E-state index in [2.05, 4.69) is 17.5 Å². The quantitative estimate of drug-likeness (QED) is 0.808. The van der Waals surface area contributed by atoms with Crippen molar-refractivity contribution in [3.63, 3.8) is 0 Å². The normalized spacial score (nSPS) is 11.4. The number of amides is 1. The Bertz CT molecular complexity index is 764. The Labute approximate surface area is 148 Å². The molecule has 0 aliphatic carbocycles. The van der Waals surface area contributed by atoms with Gasteiger partial charge in [0.2, 0.25) is 0 Å². The maximum absolute atomic E-state index is 12.2. The lowest BCUT2D eigenvalue weighted by atomic mass is 10.1. The lowest BCUT2D eigenvalue weighted by Gasteiger charge is -2.16. The first-order valence-electron chi connectivity index (χ1n) is 8.22. The number of nitrogens with zero attached hydrogens (tertiary/aromatic N) is 1. The van der Waals surface area contributed by atoms with Gasteiger partial charge in [0.1, 0.15) is 12.3 Å². The second-order valence-electron chi connectivity index (χ2n) is 6.21. The maximum Gasteiger partial charge on any atom is 0.279 e. The van der Waals surface area contributed by atoms with Gasteiger partial charge in [-0.05, 0) is 36.8 Å². The molecule has 0 radical (unpaired) electrons. The number of nitrogens with one attached hydrogen (secondary N) is 2. The van der Waals surface area contributed by atoms with Crippen LogP contribution in [0.1, 0.15) is 16.7 Å². The third-order valence-electron chi connectivity index (χ3n) is 3.91. The molecular formula is C20H24N3O2+. The van der Waals surface area contributed by atoms with E-state index in [0.717, 1.165) is 27.5 Å². The molecule has 0 heterocycles. The molecule has 0 aliphatic heterocycles. The Kier molecular flexibility index (Phi) is 6.55. The van der Waals surface area contributed by atoms with Gasteiger partial charge in [-0.1, -0.05) is 23.8 Å². The van der Waals surface area contributed by atoms with Gasteiger partial charge < -0.3 is 15.0 Å². The number of methoxy groups -OCH3 is 1. The Balaban J connectivity index is 1.92. The first-order valence-corrected chi connectivity index (χ1v) is 8.22. The van der Waals surface area contributed by atoms with E-state index in [9.17, 15) is 4.79 Å². The molecule has 0 saturated carbocycles. The van der Waals surface area contributed by atoms with Gasteiger partial charge in [-0.25, -0.2) is 0 Å². The van der Waals surface area contributed by atoms with E-state index in [1.54, 1.807) is 7.11 Å². The minimum atomic E-state index is -0.0443. The molecule has 2 aromatic rings. The second kappa shape index (κ2) is 8.86. The summed E-state index contributed by atoms with van der Waals surface area (Å²) in [6.07, 6.45) is 0.374. The minimum Gasteiger partial charge on any atom is -0.496 e. The highest BCUT2D eigenvalue weighted by Gasteiger charge is 2.13. The molecule has 2 aromatic carbocycles. The summed E-state index contributed by atoms with van der Waals surface area (Å²) in [5.74, 6) is 0.801. The van der Waals surface area contributed by atoms with Crippen LogP contribution in [-0.2, 0) is 17.8 Å². The van der Waals surface area contributed by atoms with Crippen molar-refractivity contribution in [2.45, 2.75) is 19.9 Å². The number of nitriles is 1. The summed E-state index contributed by atoms with van der Waals surface area (Å²) in [6.45, 7) is 3.11. The van der Waals surface area contributed by atoms with Gasteiger partial charge in [-0.15, -0.1) is 0 Å². The zero-order valence-corrected chi connectivity index (χ0v) is 14.9. The fourth-order valence-electron chi connectivity index (χ4n) is 2.71. The van der Waals surface area contributed by atoms with Crippen LogP contribution in [0.5, 0.6) is 5.75 Å². The summed E-state index contributed by atoms with van der Waals surface area (Å²) in [6, 6.07) is 15.5. The molecule has 0 fully saturated rings. The van der Waals surface area contributed by atoms with Crippen molar-refractivity contribution in [2.75, 3.05) is 26.0 Å². The number of hydrogen-bond acceptors (Lipinski definition) is 3. The first kappa shape index (κ1) is 18.5. The third-order valence-corrected chi connectivity index (χ3v) is 3.91. The Morgan fingerprint density at radius 3 is 2.60 bits per heavy atom. The number of carbonyl (C=O) groups excluding carboxylic acids is 1. The summed E-state index contributed by atoms with van der Waals surface area (Å²) >= 11 is 0. The molecule has 1 amide bonds. The fourth-order valence-corrected chi connectivity index (χ4v) is 2.71. The van der Waals surface area contributed by atoms with Gasteiger partial charge in [0.15, 0.2) is 6.54 Å². The van der Waals surface area contributed by atoms with E-state index >= 15 is 0 Å². The molecule has 5 heteroatoms. The van der Waals surface area contributed by atoms with Crippen molar-refractivity contribution >= 4 is 11.6 Å². The van der Waals surface area contributed by atoms with Crippen molar-refractivity contribution in [1.29, 1.82) is 5.26 Å². The number of aryl methyl sites for hydroxylation is 1. The van der Waals surface area contributed by atoms with E-state index in [1.165, 1.54) is 5.56 Å². The molecule has 5 nitrogen and oxygen atoms in total. The second-order valence-corrected chi connectivity index (χ2v) is 6.21. The van der Waals surface area contributed by atoms with Crippen LogP contribution < -0.4 is 15.0 Å². The summed E-state index contributed by atoms with van der Waals surface area (Å²) < 4.78 is 5.40. The molecule has 25 heavy (non-hydrogen) atoms. The van der Waals surface area contributed by atoms with Crippen molar-refractivity contribution in [3.8, 4) is 11.8 Å². The van der Waals surface area contributed by atoms with E-state index in [4.69, 9.17) is 10.00 Å². The zero-order valence-electron chi connectivity index (χ0n) is 14.9. The predicted octanol–water partition coefficient (Wildman–Crippen LogP) is 1.72. The van der Waals surface area contributed by atoms with E-state index in [-0.39, 0.29) is 5.91 Å². The van der Waals surface area contributed by atoms with Crippen LogP contribution >= 0.6 is 0 Å².